The minimum absolute atomic E-state index is 0.122. The Labute approximate surface area is 492 Å². The normalized spacial score (nSPS) is 12.8. The molecule has 0 amide bonds. The second-order valence-electron chi connectivity index (χ2n) is 22.7. The summed E-state index contributed by atoms with van der Waals surface area (Å²) in [6.45, 7) is -0.360. The van der Waals surface area contributed by atoms with Crippen molar-refractivity contribution in [3.8, 4) is 67.5 Å². The van der Waals surface area contributed by atoms with Crippen LogP contribution >= 0.6 is 0 Å². The first kappa shape index (κ1) is 47.3. The summed E-state index contributed by atoms with van der Waals surface area (Å²) < 4.78 is 41.6. The van der Waals surface area contributed by atoms with Gasteiger partial charge in [0.15, 0.2) is 0 Å². The molecule has 0 spiro atoms. The molecule has 13 aromatic carbocycles. The molecule has 0 unspecified atom stereocenters. The predicted molar refractivity (Wildman–Crippen MR) is 353 cm³/mol. The molecular weight excluding hydrogens is 1050 g/mol. The second-order valence-corrected chi connectivity index (χ2v) is 22.7. The Hall–Kier alpha value is -11.2. The van der Waals surface area contributed by atoms with Gasteiger partial charge in [0, 0.05) is 43.1 Å². The van der Waals surface area contributed by atoms with Crippen molar-refractivity contribution in [2.24, 2.45) is 0 Å². The average molecular weight is 1100 g/mol. The molecule has 398 valence electrons. The number of fused-ring (bicyclic) bond motifs is 16. The van der Waals surface area contributed by atoms with Crippen LogP contribution in [-0.2, 0) is 0 Å². The molecule has 86 heavy (non-hydrogen) atoms. The molecule has 2 aliphatic rings. The summed E-state index contributed by atoms with van der Waals surface area (Å²) >= 11 is 0. The van der Waals surface area contributed by atoms with Crippen LogP contribution in [0.25, 0.3) is 132 Å². The highest BCUT2D eigenvalue weighted by molar-refractivity contribution is 6.99. The lowest BCUT2D eigenvalue weighted by atomic mass is 9.34. The second kappa shape index (κ2) is 18.1. The average Bonchev–Trinajstić information content (AvgIpc) is 1.83. The van der Waals surface area contributed by atoms with Gasteiger partial charge in [-0.3, -0.25) is 0 Å². The van der Waals surface area contributed by atoms with E-state index in [2.05, 4.69) is 237 Å². The van der Waals surface area contributed by atoms with Gasteiger partial charge in [-0.1, -0.05) is 217 Å². The zero-order valence-electron chi connectivity index (χ0n) is 46.0. The number of rotatable bonds is 6. The smallest absolute Gasteiger partial charge is 0.252 e. The molecule has 0 bridgehead atoms. The SMILES string of the molecule is c1ccc2c(c1)Oc1ccccc1B2c1ccccc1-c1c2oc3ccccc3c2cc2c1oc1cccc(-c3ccc(-c4cccc(-c5c6oc7ccccc7c6cc6c5oc5ccccc56)c4B4c5ccccc5Oc5ccccc54)cc3)c12. The zero-order chi connectivity index (χ0) is 56.1. The molecule has 0 aliphatic carbocycles. The van der Waals surface area contributed by atoms with Gasteiger partial charge in [0.05, 0.1) is 11.1 Å². The van der Waals surface area contributed by atoms with Crippen LogP contribution in [0, 0.1) is 0 Å². The van der Waals surface area contributed by atoms with Crippen LogP contribution in [0.2, 0.25) is 0 Å². The molecule has 6 nitrogen and oxygen atoms in total. The van der Waals surface area contributed by atoms with E-state index in [1.807, 2.05) is 30.3 Å². The van der Waals surface area contributed by atoms with Gasteiger partial charge in [-0.15, -0.1) is 0 Å². The predicted octanol–water partition coefficient (Wildman–Crippen LogP) is 17.2. The molecule has 2 aliphatic heterocycles. The maximum absolute atomic E-state index is 7.26. The Kier molecular flexibility index (Phi) is 9.98. The Morgan fingerprint density at radius 2 is 0.581 bits per heavy atom. The van der Waals surface area contributed by atoms with Crippen LogP contribution in [0.15, 0.2) is 285 Å². The number of hydrogen-bond donors (Lipinski definition) is 0. The monoisotopic (exact) mass is 1100 g/mol. The topological polar surface area (TPSA) is 71.0 Å². The molecule has 17 aromatic rings. The van der Waals surface area contributed by atoms with Crippen LogP contribution in [0.5, 0.6) is 23.0 Å². The molecule has 0 radical (unpaired) electrons. The van der Waals surface area contributed by atoms with Crippen LogP contribution in [0.3, 0.4) is 0 Å². The van der Waals surface area contributed by atoms with Crippen LogP contribution in [0.4, 0.5) is 0 Å². The summed E-state index contributed by atoms with van der Waals surface area (Å²) in [5.41, 5.74) is 21.2. The highest BCUT2D eigenvalue weighted by Gasteiger charge is 2.38. The minimum atomic E-state index is -0.238. The van der Waals surface area contributed by atoms with E-state index in [0.29, 0.717) is 0 Å². The lowest BCUT2D eigenvalue weighted by Gasteiger charge is -2.29. The van der Waals surface area contributed by atoms with E-state index in [4.69, 9.17) is 27.1 Å². The van der Waals surface area contributed by atoms with Gasteiger partial charge in [0.25, 0.3) is 13.4 Å². The van der Waals surface area contributed by atoms with Gasteiger partial charge < -0.3 is 27.1 Å². The van der Waals surface area contributed by atoms with Crippen molar-refractivity contribution in [3.63, 3.8) is 0 Å². The Bertz CT molecular complexity index is 5520. The van der Waals surface area contributed by atoms with Gasteiger partial charge >= 0.3 is 0 Å². The summed E-state index contributed by atoms with van der Waals surface area (Å²) in [4.78, 5) is 0. The molecule has 0 N–H and O–H groups in total. The quantitative estimate of drug-likeness (QED) is 0.155. The minimum Gasteiger partial charge on any atom is -0.458 e. The number of para-hydroxylation sites is 7. The maximum atomic E-state index is 7.26. The summed E-state index contributed by atoms with van der Waals surface area (Å²) in [6.07, 6.45) is 0. The van der Waals surface area contributed by atoms with E-state index in [0.717, 1.165) is 188 Å². The summed E-state index contributed by atoms with van der Waals surface area (Å²) in [6, 6.07) is 94.2. The first-order chi connectivity index (χ1) is 42.7. The Balaban J connectivity index is 0.835. The number of benzene rings is 13. The largest absolute Gasteiger partial charge is 0.458 e. The third-order valence-electron chi connectivity index (χ3n) is 18.2. The van der Waals surface area contributed by atoms with Crippen molar-refractivity contribution in [1.29, 1.82) is 0 Å². The van der Waals surface area contributed by atoms with E-state index in [9.17, 15) is 0 Å². The molecule has 6 heterocycles. The highest BCUT2D eigenvalue weighted by atomic mass is 16.5. The highest BCUT2D eigenvalue weighted by Crippen LogP contribution is 2.48. The van der Waals surface area contributed by atoms with Crippen molar-refractivity contribution < 1.29 is 27.1 Å². The van der Waals surface area contributed by atoms with Crippen molar-refractivity contribution >= 4 is 134 Å². The van der Waals surface area contributed by atoms with Gasteiger partial charge in [-0.05, 0) is 116 Å². The molecular formula is C78H44B2O6. The van der Waals surface area contributed by atoms with Crippen LogP contribution < -0.4 is 42.3 Å². The maximum Gasteiger partial charge on any atom is 0.252 e. The number of ether oxygens (including phenoxy) is 2. The lowest BCUT2D eigenvalue weighted by Crippen LogP contribution is -2.56. The third kappa shape index (κ3) is 6.81. The lowest BCUT2D eigenvalue weighted by molar-refractivity contribution is 0.487. The Morgan fingerprint density at radius 3 is 1.12 bits per heavy atom. The molecule has 0 atom stereocenters. The summed E-state index contributed by atoms with van der Waals surface area (Å²) in [7, 11) is 0. The van der Waals surface area contributed by atoms with Crippen molar-refractivity contribution in [2.75, 3.05) is 0 Å². The Morgan fingerprint density at radius 1 is 0.233 bits per heavy atom. The van der Waals surface area contributed by atoms with Crippen molar-refractivity contribution in [1.82, 2.24) is 0 Å². The van der Waals surface area contributed by atoms with Crippen LogP contribution in [0.1, 0.15) is 0 Å². The third-order valence-corrected chi connectivity index (χ3v) is 18.2. The van der Waals surface area contributed by atoms with E-state index >= 15 is 0 Å². The van der Waals surface area contributed by atoms with E-state index in [1.54, 1.807) is 0 Å². The molecule has 8 heteroatoms. The fraction of sp³-hybridized carbons (Fsp3) is 0. The molecule has 0 saturated carbocycles. The number of hydrogen-bond acceptors (Lipinski definition) is 6. The summed E-state index contributed by atoms with van der Waals surface area (Å²) in [5.74, 6) is 3.36. The van der Waals surface area contributed by atoms with Gasteiger partial charge in [0.2, 0.25) is 0 Å². The fourth-order valence-corrected chi connectivity index (χ4v) is 14.5. The molecule has 19 rings (SSSR count). The van der Waals surface area contributed by atoms with E-state index in [1.165, 1.54) is 0 Å². The van der Waals surface area contributed by atoms with Gasteiger partial charge in [-0.25, -0.2) is 0 Å². The standard InChI is InChI=1S/C78H44B2O6/c1-5-26-58(79-59-27-6-13-34-66(59)81-67-35-14-7-28-60(67)79)52(22-1)72-75-56(51-21-4-12-33-65(51)83-75)44-57-71-47(23-18-38-70(71)86-78(57)72)45-39-41-46(42-40-45)48-24-17-25-53(74(48)80-61-29-8-15-36-68(61)82-69-37-16-9-30-62(69)80)73-76-54(49-19-2-10-31-63(49)84-76)43-55-50-20-3-11-32-64(50)85-77(55)73/h1-44H. The molecule has 0 saturated heterocycles. The zero-order valence-corrected chi connectivity index (χ0v) is 46.0. The van der Waals surface area contributed by atoms with Crippen molar-refractivity contribution in [3.05, 3.63) is 267 Å². The van der Waals surface area contributed by atoms with Crippen molar-refractivity contribution in [2.45, 2.75) is 0 Å². The number of furan rings is 4. The first-order valence-electron chi connectivity index (χ1n) is 29.3. The van der Waals surface area contributed by atoms with E-state index < -0.39 is 0 Å². The van der Waals surface area contributed by atoms with Crippen LogP contribution in [-0.4, -0.2) is 13.4 Å². The molecule has 4 aromatic heterocycles. The van der Waals surface area contributed by atoms with Gasteiger partial charge in [0.1, 0.15) is 67.7 Å². The van der Waals surface area contributed by atoms with Gasteiger partial charge in [-0.2, -0.15) is 0 Å². The van der Waals surface area contributed by atoms with E-state index in [-0.39, 0.29) is 13.4 Å². The fourth-order valence-electron chi connectivity index (χ4n) is 14.5. The summed E-state index contributed by atoms with van der Waals surface area (Å²) in [5, 5.41) is 8.32. The molecule has 0 fully saturated rings. The first-order valence-corrected chi connectivity index (χ1v) is 29.3.